The number of aryl methyl sites for hydroxylation is 2. The van der Waals surface area contributed by atoms with Crippen molar-refractivity contribution in [1.29, 1.82) is 0 Å². The van der Waals surface area contributed by atoms with Crippen molar-refractivity contribution in [3.8, 4) is 0 Å². The zero-order valence-electron chi connectivity index (χ0n) is 20.6. The van der Waals surface area contributed by atoms with E-state index in [0.717, 1.165) is 81.5 Å². The average molecular weight is 569 g/mol. The summed E-state index contributed by atoms with van der Waals surface area (Å²) < 4.78 is 5.48. The normalized spacial score (nSPS) is 17.6. The maximum absolute atomic E-state index is 5.48. The van der Waals surface area contributed by atoms with Crippen LogP contribution >= 0.6 is 24.0 Å². The molecule has 1 aliphatic rings. The first-order valence-electron chi connectivity index (χ1n) is 12.1. The number of benzene rings is 1. The Morgan fingerprint density at radius 1 is 1.12 bits per heavy atom. The summed E-state index contributed by atoms with van der Waals surface area (Å²) in [5, 5.41) is 11.1. The average Bonchev–Trinajstić information content (AvgIpc) is 3.23. The predicted molar refractivity (Wildman–Crippen MR) is 146 cm³/mol. The third-order valence-corrected chi connectivity index (χ3v) is 6.14. The van der Waals surface area contributed by atoms with Gasteiger partial charge in [0.25, 0.3) is 0 Å². The molecule has 1 atom stereocenters. The van der Waals surface area contributed by atoms with E-state index in [1.807, 2.05) is 0 Å². The summed E-state index contributed by atoms with van der Waals surface area (Å²) in [6, 6.07) is 11.4. The fourth-order valence-corrected chi connectivity index (χ4v) is 4.32. The number of rotatable bonds is 10. The molecule has 0 amide bonds. The van der Waals surface area contributed by atoms with Crippen molar-refractivity contribution in [2.24, 2.45) is 4.99 Å². The Hall–Kier alpha value is -1.65. The minimum absolute atomic E-state index is 0. The fourth-order valence-electron chi connectivity index (χ4n) is 4.32. The molecule has 0 aliphatic carbocycles. The van der Waals surface area contributed by atoms with Gasteiger partial charge in [0.15, 0.2) is 5.96 Å². The fraction of sp³-hybridized carbons (Fsp3) is 0.600. The summed E-state index contributed by atoms with van der Waals surface area (Å²) in [4.78, 5) is 9.86. The van der Waals surface area contributed by atoms with Crippen molar-refractivity contribution in [3.05, 3.63) is 52.9 Å². The van der Waals surface area contributed by atoms with Gasteiger partial charge in [0.2, 0.25) is 0 Å². The van der Waals surface area contributed by atoms with Gasteiger partial charge in [0.1, 0.15) is 5.76 Å². The number of guanidine groups is 1. The Morgan fingerprint density at radius 3 is 2.61 bits per heavy atom. The lowest BCUT2D eigenvalue weighted by molar-refractivity contribution is 0.0891. The number of likely N-dealkylation sites (N-methyl/N-ethyl adjacent to an activating group) is 1. The van der Waals surface area contributed by atoms with Gasteiger partial charge in [0, 0.05) is 57.3 Å². The van der Waals surface area contributed by atoms with E-state index in [9.17, 15) is 0 Å². The second kappa shape index (κ2) is 14.6. The van der Waals surface area contributed by atoms with Crippen molar-refractivity contribution >= 4 is 29.9 Å². The molecular weight excluding hydrogens is 527 g/mol. The highest BCUT2D eigenvalue weighted by molar-refractivity contribution is 14.0. The van der Waals surface area contributed by atoms with Crippen LogP contribution in [0.1, 0.15) is 55.8 Å². The van der Waals surface area contributed by atoms with Crippen LogP contribution in [0.15, 0.2) is 39.8 Å². The van der Waals surface area contributed by atoms with Crippen LogP contribution in [0.25, 0.3) is 0 Å². The molecule has 2 aromatic rings. The summed E-state index contributed by atoms with van der Waals surface area (Å²) >= 11 is 0. The molecule has 1 aliphatic heterocycles. The molecule has 0 radical (unpaired) electrons. The van der Waals surface area contributed by atoms with E-state index in [4.69, 9.17) is 9.52 Å². The van der Waals surface area contributed by atoms with Crippen LogP contribution in [-0.2, 0) is 19.4 Å². The number of hydrogen-bond acceptors (Lipinski definition) is 5. The van der Waals surface area contributed by atoms with Gasteiger partial charge in [-0.1, -0.05) is 49.3 Å². The molecule has 0 spiro atoms. The Kier molecular flexibility index (Phi) is 12.2. The quantitative estimate of drug-likeness (QED) is 0.197. The highest BCUT2D eigenvalue weighted by Crippen LogP contribution is 2.24. The number of aromatic nitrogens is 1. The maximum Gasteiger partial charge on any atom is 0.191 e. The van der Waals surface area contributed by atoms with Crippen LogP contribution < -0.4 is 10.6 Å². The molecule has 1 aromatic carbocycles. The molecule has 0 bridgehead atoms. The van der Waals surface area contributed by atoms with E-state index in [-0.39, 0.29) is 24.0 Å². The molecular formula is C25H41IN6O. The van der Waals surface area contributed by atoms with Crippen LogP contribution in [0.3, 0.4) is 0 Å². The lowest BCUT2D eigenvalue weighted by Gasteiger charge is -2.40. The van der Waals surface area contributed by atoms with Gasteiger partial charge in [0.05, 0.1) is 12.2 Å². The smallest absolute Gasteiger partial charge is 0.191 e. The number of hydrogen-bond donors (Lipinski definition) is 2. The molecule has 1 fully saturated rings. The summed E-state index contributed by atoms with van der Waals surface area (Å²) in [6.45, 7) is 13.0. The molecule has 184 valence electrons. The number of halogens is 1. The third kappa shape index (κ3) is 7.96. The Morgan fingerprint density at radius 2 is 1.91 bits per heavy atom. The third-order valence-electron chi connectivity index (χ3n) is 6.14. The van der Waals surface area contributed by atoms with Crippen molar-refractivity contribution in [3.63, 3.8) is 0 Å². The van der Waals surface area contributed by atoms with Gasteiger partial charge < -0.3 is 20.1 Å². The molecule has 1 unspecified atom stereocenters. The summed E-state index contributed by atoms with van der Waals surface area (Å²) in [5.41, 5.74) is 3.56. The summed E-state index contributed by atoms with van der Waals surface area (Å²) in [5.74, 6) is 1.80. The molecule has 1 saturated heterocycles. The standard InChI is InChI=1S/C25H40N6O.HI/c1-5-22-21(24(6-2)32-29-22)18-28-25(26-7-3)27-14-11-15-31-17-16-30(4)19-23(31)20-12-9-8-10-13-20;/h8-10,12-13,23H,5-7,11,14-19H2,1-4H3,(H2,26,27,28);1H. The van der Waals surface area contributed by atoms with Crippen LogP contribution in [0.5, 0.6) is 0 Å². The number of nitrogens with zero attached hydrogens (tertiary/aromatic N) is 4. The highest BCUT2D eigenvalue weighted by atomic mass is 127. The Labute approximate surface area is 216 Å². The summed E-state index contributed by atoms with van der Waals surface area (Å²) in [6.07, 6.45) is 2.78. The van der Waals surface area contributed by atoms with Gasteiger partial charge in [-0.25, -0.2) is 4.99 Å². The SMILES string of the molecule is CCNC(=NCc1c(CC)noc1CC)NCCCN1CCN(C)CC1c1ccccc1.I. The van der Waals surface area contributed by atoms with Gasteiger partial charge in [-0.15, -0.1) is 24.0 Å². The monoisotopic (exact) mass is 568 g/mol. The molecule has 0 saturated carbocycles. The Balaban J connectivity index is 0.00000385. The van der Waals surface area contributed by atoms with E-state index in [1.54, 1.807) is 0 Å². The molecule has 1 aromatic heterocycles. The molecule has 8 heteroatoms. The van der Waals surface area contributed by atoms with Gasteiger partial charge >= 0.3 is 0 Å². The van der Waals surface area contributed by atoms with Crippen LogP contribution in [0.2, 0.25) is 0 Å². The number of nitrogens with one attached hydrogen (secondary N) is 2. The van der Waals surface area contributed by atoms with Gasteiger partial charge in [-0.05, 0) is 32.4 Å². The maximum atomic E-state index is 5.48. The predicted octanol–water partition coefficient (Wildman–Crippen LogP) is 3.85. The minimum atomic E-state index is 0. The highest BCUT2D eigenvalue weighted by Gasteiger charge is 2.25. The van der Waals surface area contributed by atoms with E-state index >= 15 is 0 Å². The number of piperazine rings is 1. The summed E-state index contributed by atoms with van der Waals surface area (Å²) in [7, 11) is 2.22. The van der Waals surface area contributed by atoms with Crippen molar-refractivity contribution in [1.82, 2.24) is 25.6 Å². The first-order valence-corrected chi connectivity index (χ1v) is 12.1. The molecule has 3 rings (SSSR count). The van der Waals surface area contributed by atoms with Crippen molar-refractivity contribution < 1.29 is 4.52 Å². The van der Waals surface area contributed by atoms with Gasteiger partial charge in [-0.2, -0.15) is 0 Å². The van der Waals surface area contributed by atoms with Crippen LogP contribution in [-0.4, -0.2) is 67.2 Å². The molecule has 33 heavy (non-hydrogen) atoms. The first kappa shape index (κ1) is 27.6. The topological polar surface area (TPSA) is 68.9 Å². The number of aliphatic imine (C=N–C) groups is 1. The molecule has 2 heterocycles. The lowest BCUT2D eigenvalue weighted by atomic mass is 10.0. The second-order valence-corrected chi connectivity index (χ2v) is 8.44. The largest absolute Gasteiger partial charge is 0.361 e. The van der Waals surface area contributed by atoms with E-state index in [1.165, 1.54) is 5.56 Å². The zero-order chi connectivity index (χ0) is 22.8. The van der Waals surface area contributed by atoms with Crippen LogP contribution in [0, 0.1) is 0 Å². The van der Waals surface area contributed by atoms with Crippen molar-refractivity contribution in [2.75, 3.05) is 46.3 Å². The molecule has 2 N–H and O–H groups in total. The first-order chi connectivity index (χ1) is 15.7. The minimum Gasteiger partial charge on any atom is -0.361 e. The molecule has 7 nitrogen and oxygen atoms in total. The van der Waals surface area contributed by atoms with Crippen molar-refractivity contribution in [2.45, 2.75) is 52.6 Å². The Bertz CT molecular complexity index is 819. The van der Waals surface area contributed by atoms with Gasteiger partial charge in [-0.3, -0.25) is 4.90 Å². The van der Waals surface area contributed by atoms with Crippen LogP contribution in [0.4, 0.5) is 0 Å². The van der Waals surface area contributed by atoms with E-state index < -0.39 is 0 Å². The van der Waals surface area contributed by atoms with E-state index in [0.29, 0.717) is 12.6 Å². The zero-order valence-corrected chi connectivity index (χ0v) is 23.0. The van der Waals surface area contributed by atoms with E-state index in [2.05, 4.69) is 83.7 Å². The lowest BCUT2D eigenvalue weighted by Crippen LogP contribution is -2.47. The second-order valence-electron chi connectivity index (χ2n) is 8.44.